The number of hydrogen-bond donors (Lipinski definition) is 1. The fourth-order valence-corrected chi connectivity index (χ4v) is 6.79. The Morgan fingerprint density at radius 1 is 0.714 bits per heavy atom. The second-order valence-electron chi connectivity index (χ2n) is 11.7. The number of para-hydroxylation sites is 1. The van der Waals surface area contributed by atoms with E-state index >= 15 is 0 Å². The summed E-state index contributed by atoms with van der Waals surface area (Å²) in [4.78, 5) is 29.9. The number of benzene rings is 5. The minimum atomic E-state index is -4.22. The molecule has 0 bridgehead atoms. The summed E-state index contributed by atoms with van der Waals surface area (Å²) in [6.45, 7) is 3.86. The summed E-state index contributed by atoms with van der Waals surface area (Å²) in [5.41, 5.74) is 2.87. The molecule has 5 aromatic carbocycles. The van der Waals surface area contributed by atoms with Crippen LogP contribution in [0.3, 0.4) is 0 Å². The van der Waals surface area contributed by atoms with E-state index in [1.807, 2.05) is 105 Å². The number of nitrogens with zero attached hydrogens (tertiary/aromatic N) is 2. The van der Waals surface area contributed by atoms with Crippen LogP contribution in [0.1, 0.15) is 30.0 Å². The molecule has 0 spiro atoms. The van der Waals surface area contributed by atoms with Crippen molar-refractivity contribution in [3.63, 3.8) is 0 Å². The first kappa shape index (κ1) is 34.9. The Balaban J connectivity index is 1.54. The van der Waals surface area contributed by atoms with Crippen molar-refractivity contribution >= 4 is 27.5 Å². The van der Waals surface area contributed by atoms with Crippen molar-refractivity contribution in [1.82, 2.24) is 10.2 Å². The number of rotatable bonds is 15. The molecule has 2 amide bonds. The Hall–Kier alpha value is -5.41. The van der Waals surface area contributed by atoms with Gasteiger partial charge in [0.15, 0.2) is 0 Å². The van der Waals surface area contributed by atoms with Gasteiger partial charge in [0.2, 0.25) is 11.8 Å². The normalized spacial score (nSPS) is 11.7. The number of sulfonamides is 1. The number of ether oxygens (including phenoxy) is 1. The zero-order valence-electron chi connectivity index (χ0n) is 27.7. The van der Waals surface area contributed by atoms with Gasteiger partial charge < -0.3 is 15.0 Å². The fourth-order valence-electron chi connectivity index (χ4n) is 5.37. The third-order valence-electron chi connectivity index (χ3n) is 8.01. The molecule has 0 aliphatic carbocycles. The fraction of sp³-hybridized carbons (Fsp3) is 0.200. The van der Waals surface area contributed by atoms with E-state index in [2.05, 4.69) is 5.32 Å². The first-order valence-corrected chi connectivity index (χ1v) is 17.8. The van der Waals surface area contributed by atoms with Crippen LogP contribution in [0.15, 0.2) is 144 Å². The van der Waals surface area contributed by atoms with Crippen molar-refractivity contribution in [2.45, 2.75) is 44.2 Å². The molecule has 5 aromatic rings. The first-order valence-electron chi connectivity index (χ1n) is 16.3. The third-order valence-corrected chi connectivity index (χ3v) is 9.80. The van der Waals surface area contributed by atoms with E-state index in [0.717, 1.165) is 27.4 Å². The third kappa shape index (κ3) is 9.36. The number of carbonyl (C=O) groups is 2. The summed E-state index contributed by atoms with van der Waals surface area (Å²) in [6, 6.07) is 40.3. The predicted molar refractivity (Wildman–Crippen MR) is 193 cm³/mol. The van der Waals surface area contributed by atoms with Crippen LogP contribution in [0.4, 0.5) is 5.69 Å². The topological polar surface area (TPSA) is 96.0 Å². The molecule has 1 atom stereocenters. The van der Waals surface area contributed by atoms with E-state index in [1.54, 1.807) is 36.4 Å². The maximum absolute atomic E-state index is 14.6. The van der Waals surface area contributed by atoms with Gasteiger partial charge >= 0.3 is 0 Å². The molecule has 0 aliphatic rings. The summed E-state index contributed by atoms with van der Waals surface area (Å²) in [5.74, 6) is 0.328. The summed E-state index contributed by atoms with van der Waals surface area (Å²) in [6.07, 6.45) is 0.980. The van der Waals surface area contributed by atoms with Crippen LogP contribution < -0.4 is 14.4 Å². The van der Waals surface area contributed by atoms with Crippen LogP contribution in [0.5, 0.6) is 11.5 Å². The molecule has 0 fully saturated rings. The highest BCUT2D eigenvalue weighted by Gasteiger charge is 2.34. The highest BCUT2D eigenvalue weighted by molar-refractivity contribution is 7.92. The molecular weight excluding hydrogens is 635 g/mol. The van der Waals surface area contributed by atoms with Crippen molar-refractivity contribution in [2.24, 2.45) is 0 Å². The number of nitrogens with one attached hydrogen (secondary N) is 1. The Morgan fingerprint density at radius 3 is 1.86 bits per heavy atom. The van der Waals surface area contributed by atoms with E-state index in [0.29, 0.717) is 18.0 Å². The number of hydrogen-bond acceptors (Lipinski definition) is 5. The van der Waals surface area contributed by atoms with Gasteiger partial charge in [0.25, 0.3) is 10.0 Å². The molecule has 8 nitrogen and oxygen atoms in total. The molecule has 0 unspecified atom stereocenters. The number of carbonyl (C=O) groups excluding carboxylic acids is 2. The van der Waals surface area contributed by atoms with E-state index in [9.17, 15) is 18.0 Å². The molecule has 0 aromatic heterocycles. The highest BCUT2D eigenvalue weighted by Crippen LogP contribution is 2.29. The average Bonchev–Trinajstić information content (AvgIpc) is 3.13. The Bertz CT molecular complexity index is 1900. The number of anilines is 1. The molecule has 252 valence electrons. The summed E-state index contributed by atoms with van der Waals surface area (Å²) < 4.78 is 35.7. The van der Waals surface area contributed by atoms with Crippen molar-refractivity contribution in [3.05, 3.63) is 156 Å². The van der Waals surface area contributed by atoms with Gasteiger partial charge in [-0.05, 0) is 73.0 Å². The van der Waals surface area contributed by atoms with E-state index < -0.39 is 28.5 Å². The van der Waals surface area contributed by atoms with Crippen LogP contribution in [0.25, 0.3) is 0 Å². The van der Waals surface area contributed by atoms with Crippen molar-refractivity contribution < 1.29 is 22.7 Å². The smallest absolute Gasteiger partial charge is 0.264 e. The minimum absolute atomic E-state index is 0.0478. The maximum Gasteiger partial charge on any atom is 0.264 e. The average molecular weight is 676 g/mol. The maximum atomic E-state index is 14.6. The van der Waals surface area contributed by atoms with Crippen LogP contribution in [0.2, 0.25) is 0 Å². The van der Waals surface area contributed by atoms with Crippen LogP contribution in [0, 0.1) is 6.92 Å². The molecule has 9 heteroatoms. The van der Waals surface area contributed by atoms with Gasteiger partial charge in [-0.15, -0.1) is 0 Å². The minimum Gasteiger partial charge on any atom is -0.457 e. The summed E-state index contributed by atoms with van der Waals surface area (Å²) in [5, 5.41) is 2.97. The Morgan fingerprint density at radius 2 is 1.27 bits per heavy atom. The van der Waals surface area contributed by atoms with Gasteiger partial charge in [0, 0.05) is 19.5 Å². The van der Waals surface area contributed by atoms with Gasteiger partial charge in [0.1, 0.15) is 24.1 Å². The number of aryl methyl sites for hydroxylation is 1. The largest absolute Gasteiger partial charge is 0.457 e. The van der Waals surface area contributed by atoms with E-state index in [1.165, 1.54) is 17.0 Å². The lowest BCUT2D eigenvalue weighted by molar-refractivity contribution is -0.140. The molecule has 0 heterocycles. The molecule has 0 aliphatic heterocycles. The van der Waals surface area contributed by atoms with E-state index in [4.69, 9.17) is 4.74 Å². The van der Waals surface area contributed by atoms with Gasteiger partial charge in [-0.25, -0.2) is 8.42 Å². The van der Waals surface area contributed by atoms with Gasteiger partial charge in [-0.2, -0.15) is 0 Å². The highest BCUT2D eigenvalue weighted by atomic mass is 32.2. The summed E-state index contributed by atoms with van der Waals surface area (Å²) in [7, 11) is -4.22. The molecule has 0 saturated carbocycles. The monoisotopic (exact) mass is 675 g/mol. The molecule has 49 heavy (non-hydrogen) atoms. The van der Waals surface area contributed by atoms with Crippen LogP contribution in [-0.2, 0) is 32.6 Å². The first-order chi connectivity index (χ1) is 23.7. The van der Waals surface area contributed by atoms with Crippen LogP contribution >= 0.6 is 0 Å². The second kappa shape index (κ2) is 16.6. The molecule has 0 radical (unpaired) electrons. The molecular formula is C40H41N3O5S. The molecule has 1 N–H and O–H groups in total. The molecule has 5 rings (SSSR count). The lowest BCUT2D eigenvalue weighted by Gasteiger charge is -2.34. The SMILES string of the molecule is CCCNC(=O)[C@H](Cc1ccccc1)N(Cc1ccccc1)C(=O)CN(c1ccc(Oc2ccccc2)cc1)S(=O)(=O)c1ccc(C)cc1. The Kier molecular flexibility index (Phi) is 11.8. The standard InChI is InChI=1S/C40H41N3O5S/c1-3-27-41-40(45)38(28-32-13-7-4-8-14-32)42(29-33-15-9-5-10-16-33)39(44)30-43(49(46,47)37-25-19-31(2)20-26-37)34-21-23-36(24-22-34)48-35-17-11-6-12-18-35/h4-26,38H,3,27-30H2,1-2H3,(H,41,45)/t38-/m0/s1. The van der Waals surface area contributed by atoms with Gasteiger partial charge in [-0.1, -0.05) is 103 Å². The zero-order chi connectivity index (χ0) is 34.6. The number of amides is 2. The second-order valence-corrected chi connectivity index (χ2v) is 13.6. The lowest BCUT2D eigenvalue weighted by atomic mass is 10.0. The lowest BCUT2D eigenvalue weighted by Crippen LogP contribution is -2.53. The Labute approximate surface area is 289 Å². The van der Waals surface area contributed by atoms with E-state index in [-0.39, 0.29) is 29.5 Å². The van der Waals surface area contributed by atoms with Crippen LogP contribution in [-0.4, -0.2) is 44.3 Å². The predicted octanol–water partition coefficient (Wildman–Crippen LogP) is 7.15. The van der Waals surface area contributed by atoms with Gasteiger partial charge in [0.05, 0.1) is 10.6 Å². The van der Waals surface area contributed by atoms with Gasteiger partial charge in [-0.3, -0.25) is 13.9 Å². The quantitative estimate of drug-likeness (QED) is 0.127. The van der Waals surface area contributed by atoms with Crippen molar-refractivity contribution in [3.8, 4) is 11.5 Å². The molecule has 0 saturated heterocycles. The van der Waals surface area contributed by atoms with Crippen molar-refractivity contribution in [2.75, 3.05) is 17.4 Å². The zero-order valence-corrected chi connectivity index (χ0v) is 28.6. The van der Waals surface area contributed by atoms with Crippen molar-refractivity contribution in [1.29, 1.82) is 0 Å². The summed E-state index contributed by atoms with van der Waals surface area (Å²) >= 11 is 0.